The van der Waals surface area contributed by atoms with E-state index in [1.165, 1.54) is 0 Å². The maximum Gasteiger partial charge on any atom is 0.321 e. The van der Waals surface area contributed by atoms with Crippen LogP contribution in [0.2, 0.25) is 0 Å². The first kappa shape index (κ1) is 14.1. The van der Waals surface area contributed by atoms with E-state index in [9.17, 15) is 13.6 Å². The van der Waals surface area contributed by atoms with Crippen LogP contribution >= 0.6 is 11.8 Å². The van der Waals surface area contributed by atoms with Crippen LogP contribution in [0.4, 0.5) is 19.3 Å². The molecular formula is C12H14F2N2O2S. The Balaban J connectivity index is 1.89. The van der Waals surface area contributed by atoms with Gasteiger partial charge in [-0.05, 0) is 24.3 Å². The molecule has 1 saturated heterocycles. The highest BCUT2D eigenvalue weighted by Crippen LogP contribution is 2.26. The summed E-state index contributed by atoms with van der Waals surface area (Å²) in [5.41, 5.74) is 0.593. The Kier molecular flexibility index (Phi) is 4.98. The topological polar surface area (TPSA) is 41.6 Å². The fourth-order valence-corrected chi connectivity index (χ4v) is 2.19. The number of carbonyl (C=O) groups excluding carboxylic acids is 1. The monoisotopic (exact) mass is 288 g/mol. The fraction of sp³-hybridized carbons (Fsp3) is 0.417. The molecule has 0 aliphatic carbocycles. The quantitative estimate of drug-likeness (QED) is 0.870. The number of amides is 2. The van der Waals surface area contributed by atoms with E-state index in [2.05, 4.69) is 5.32 Å². The largest absolute Gasteiger partial charge is 0.378 e. The summed E-state index contributed by atoms with van der Waals surface area (Å²) in [5, 5.41) is 2.73. The van der Waals surface area contributed by atoms with Crippen molar-refractivity contribution < 1.29 is 18.3 Å². The molecule has 7 heteroatoms. The van der Waals surface area contributed by atoms with Crippen molar-refractivity contribution in [1.29, 1.82) is 0 Å². The second-order valence-corrected chi connectivity index (χ2v) is 5.00. The molecule has 2 rings (SSSR count). The van der Waals surface area contributed by atoms with Crippen molar-refractivity contribution in [3.63, 3.8) is 0 Å². The van der Waals surface area contributed by atoms with Gasteiger partial charge < -0.3 is 15.0 Å². The smallest absolute Gasteiger partial charge is 0.321 e. The predicted octanol–water partition coefficient (Wildman–Crippen LogP) is 2.87. The van der Waals surface area contributed by atoms with Gasteiger partial charge in [-0.3, -0.25) is 0 Å². The molecule has 0 aromatic heterocycles. The Bertz CT molecular complexity index is 422. The highest BCUT2D eigenvalue weighted by molar-refractivity contribution is 7.99. The maximum absolute atomic E-state index is 12.1. The van der Waals surface area contributed by atoms with Gasteiger partial charge in [0, 0.05) is 23.7 Å². The molecule has 4 nitrogen and oxygen atoms in total. The summed E-state index contributed by atoms with van der Waals surface area (Å²) < 4.78 is 29.5. The van der Waals surface area contributed by atoms with Crippen LogP contribution < -0.4 is 5.32 Å². The van der Waals surface area contributed by atoms with Crippen LogP contribution in [0.3, 0.4) is 0 Å². The Hall–Kier alpha value is -1.34. The van der Waals surface area contributed by atoms with E-state index in [4.69, 9.17) is 4.74 Å². The van der Waals surface area contributed by atoms with E-state index >= 15 is 0 Å². The minimum absolute atomic E-state index is 0.197. The lowest BCUT2D eigenvalue weighted by atomic mass is 10.3. The molecule has 19 heavy (non-hydrogen) atoms. The first-order valence-electron chi connectivity index (χ1n) is 5.84. The highest BCUT2D eigenvalue weighted by Gasteiger charge is 2.16. The number of halogens is 2. The molecule has 1 aromatic rings. The minimum atomic E-state index is -2.44. The summed E-state index contributed by atoms with van der Waals surface area (Å²) in [7, 11) is 0. The number of anilines is 1. The Morgan fingerprint density at radius 1 is 1.26 bits per heavy atom. The second-order valence-electron chi connectivity index (χ2n) is 3.93. The van der Waals surface area contributed by atoms with Crippen LogP contribution in [0.15, 0.2) is 29.2 Å². The summed E-state index contributed by atoms with van der Waals surface area (Å²) in [4.78, 5) is 14.0. The van der Waals surface area contributed by atoms with Gasteiger partial charge >= 0.3 is 6.03 Å². The molecule has 0 unspecified atom stereocenters. The van der Waals surface area contributed by atoms with Crippen molar-refractivity contribution in [1.82, 2.24) is 4.90 Å². The molecule has 0 saturated carbocycles. The van der Waals surface area contributed by atoms with Crippen LogP contribution in [-0.4, -0.2) is 43.0 Å². The van der Waals surface area contributed by atoms with E-state index in [1.54, 1.807) is 29.2 Å². The number of alkyl halides is 2. The van der Waals surface area contributed by atoms with Crippen molar-refractivity contribution in [2.45, 2.75) is 10.7 Å². The third-order valence-electron chi connectivity index (χ3n) is 2.63. The summed E-state index contributed by atoms with van der Waals surface area (Å²) in [6.07, 6.45) is 0. The lowest BCUT2D eigenvalue weighted by Gasteiger charge is -2.26. The van der Waals surface area contributed by atoms with E-state index in [0.717, 1.165) is 0 Å². The van der Waals surface area contributed by atoms with Crippen molar-refractivity contribution in [3.05, 3.63) is 24.3 Å². The molecule has 1 aliphatic heterocycles. The van der Waals surface area contributed by atoms with Gasteiger partial charge in [-0.1, -0.05) is 11.8 Å². The minimum Gasteiger partial charge on any atom is -0.378 e. The first-order valence-corrected chi connectivity index (χ1v) is 6.71. The number of benzene rings is 1. The third kappa shape index (κ3) is 4.36. The average molecular weight is 288 g/mol. The van der Waals surface area contributed by atoms with Gasteiger partial charge in [0.2, 0.25) is 0 Å². The number of thioether (sulfide) groups is 1. The number of hydrogen-bond acceptors (Lipinski definition) is 3. The molecule has 1 fully saturated rings. The van der Waals surface area contributed by atoms with Gasteiger partial charge in [0.15, 0.2) is 0 Å². The molecule has 1 aliphatic rings. The van der Waals surface area contributed by atoms with Crippen molar-refractivity contribution >= 4 is 23.5 Å². The van der Waals surface area contributed by atoms with Crippen molar-refractivity contribution in [3.8, 4) is 0 Å². The molecule has 1 N–H and O–H groups in total. The molecule has 1 heterocycles. The van der Waals surface area contributed by atoms with E-state index in [1.807, 2.05) is 0 Å². The molecule has 0 bridgehead atoms. The van der Waals surface area contributed by atoms with E-state index in [0.29, 0.717) is 48.6 Å². The summed E-state index contributed by atoms with van der Waals surface area (Å²) >= 11 is 0.481. The number of morpholine rings is 1. The van der Waals surface area contributed by atoms with Gasteiger partial charge in [0.05, 0.1) is 13.2 Å². The number of ether oxygens (including phenoxy) is 1. The fourth-order valence-electron chi connectivity index (χ4n) is 1.69. The van der Waals surface area contributed by atoms with Crippen molar-refractivity contribution in [2.24, 2.45) is 0 Å². The molecule has 1 aromatic carbocycles. The van der Waals surface area contributed by atoms with Gasteiger partial charge in [-0.15, -0.1) is 0 Å². The zero-order valence-corrected chi connectivity index (χ0v) is 11.0. The zero-order chi connectivity index (χ0) is 13.7. The molecule has 0 radical (unpaired) electrons. The van der Waals surface area contributed by atoms with Crippen molar-refractivity contribution in [2.75, 3.05) is 31.6 Å². The van der Waals surface area contributed by atoms with E-state index < -0.39 is 5.76 Å². The Morgan fingerprint density at radius 2 is 1.89 bits per heavy atom. The van der Waals surface area contributed by atoms with Gasteiger partial charge in [0.1, 0.15) is 0 Å². The highest BCUT2D eigenvalue weighted by atomic mass is 32.2. The number of rotatable bonds is 3. The number of nitrogens with one attached hydrogen (secondary N) is 1. The standard InChI is InChI=1S/C12H14F2N2O2S/c13-11(14)19-10-3-1-9(2-4-10)15-12(17)16-5-7-18-8-6-16/h1-4,11H,5-8H2,(H,15,17). The summed E-state index contributed by atoms with van der Waals surface area (Å²) in [6.45, 7) is 2.20. The molecule has 0 spiro atoms. The first-order chi connectivity index (χ1) is 9.15. The lowest BCUT2D eigenvalue weighted by Crippen LogP contribution is -2.43. The number of carbonyl (C=O) groups is 1. The predicted molar refractivity (Wildman–Crippen MR) is 69.7 cm³/mol. The molecule has 104 valence electrons. The normalized spacial score (nSPS) is 15.6. The van der Waals surface area contributed by atoms with Gasteiger partial charge in [0.25, 0.3) is 5.76 Å². The zero-order valence-electron chi connectivity index (χ0n) is 10.1. The second kappa shape index (κ2) is 6.72. The average Bonchev–Trinajstić information content (AvgIpc) is 2.41. The molecule has 2 amide bonds. The summed E-state index contributed by atoms with van der Waals surface area (Å²) in [5.74, 6) is -2.44. The number of nitrogens with zero attached hydrogens (tertiary/aromatic N) is 1. The maximum atomic E-state index is 12.1. The van der Waals surface area contributed by atoms with E-state index in [-0.39, 0.29) is 6.03 Å². The summed E-state index contributed by atoms with van der Waals surface area (Å²) in [6, 6.07) is 6.15. The molecule has 0 atom stereocenters. The Labute approximate surface area is 114 Å². The third-order valence-corrected chi connectivity index (χ3v) is 3.35. The Morgan fingerprint density at radius 3 is 2.47 bits per heavy atom. The number of hydrogen-bond donors (Lipinski definition) is 1. The van der Waals surface area contributed by atoms with Crippen LogP contribution in [0, 0.1) is 0 Å². The lowest BCUT2D eigenvalue weighted by molar-refractivity contribution is 0.0564. The number of urea groups is 1. The van der Waals surface area contributed by atoms with Crippen LogP contribution in [0.1, 0.15) is 0 Å². The SMILES string of the molecule is O=C(Nc1ccc(SC(F)F)cc1)N1CCOCC1. The molecular weight excluding hydrogens is 274 g/mol. The van der Waals surface area contributed by atoms with Gasteiger partial charge in [-0.25, -0.2) is 4.79 Å². The van der Waals surface area contributed by atoms with Crippen LogP contribution in [-0.2, 0) is 4.74 Å². The van der Waals surface area contributed by atoms with Crippen LogP contribution in [0.25, 0.3) is 0 Å². The van der Waals surface area contributed by atoms with Crippen LogP contribution in [0.5, 0.6) is 0 Å². The van der Waals surface area contributed by atoms with Gasteiger partial charge in [-0.2, -0.15) is 8.78 Å².